The summed E-state index contributed by atoms with van der Waals surface area (Å²) in [5.41, 5.74) is 0. The average Bonchev–Trinajstić information content (AvgIpc) is 2.78. The van der Waals surface area contributed by atoms with Gasteiger partial charge in [0.2, 0.25) is 0 Å². The summed E-state index contributed by atoms with van der Waals surface area (Å²) in [6.07, 6.45) is 4.43. The van der Waals surface area contributed by atoms with Crippen LogP contribution in [0.3, 0.4) is 0 Å². The summed E-state index contributed by atoms with van der Waals surface area (Å²) in [7, 11) is 0. The van der Waals surface area contributed by atoms with E-state index in [2.05, 4.69) is 5.32 Å². The van der Waals surface area contributed by atoms with Crippen molar-refractivity contribution in [3.8, 4) is 0 Å². The molecule has 2 saturated heterocycles. The number of likely N-dealkylation sites (tertiary alicyclic amines) is 1. The smallest absolute Gasteiger partial charge is 0.0447 e. The lowest BCUT2D eigenvalue weighted by Crippen LogP contribution is -2.35. The van der Waals surface area contributed by atoms with Crippen LogP contribution in [-0.4, -0.2) is 37.1 Å². The summed E-state index contributed by atoms with van der Waals surface area (Å²) in [6, 6.07) is 0.0607. The van der Waals surface area contributed by atoms with Crippen LogP contribution in [-0.2, 0) is 0 Å². The van der Waals surface area contributed by atoms with Crippen LogP contribution in [0.4, 0.5) is 0 Å². The summed E-state index contributed by atoms with van der Waals surface area (Å²) >= 11 is 0. The maximum Gasteiger partial charge on any atom is 0.0447 e. The van der Waals surface area contributed by atoms with Gasteiger partial charge in [0.05, 0.1) is 0 Å². The number of hydrogen-bond donors (Lipinski definition) is 1. The first-order chi connectivity index (χ1) is 6.21. The molecular weight excluding hydrogens is 136 g/mol. The molecule has 0 radical (unpaired) electrons. The van der Waals surface area contributed by atoms with Crippen LogP contribution >= 0.6 is 0 Å². The lowest BCUT2D eigenvalue weighted by molar-refractivity contribution is 0.303. The van der Waals surface area contributed by atoms with Gasteiger partial charge in [-0.2, -0.15) is 0 Å². The Kier molecular flexibility index (Phi) is 1.79. The van der Waals surface area contributed by atoms with Crippen molar-refractivity contribution in [2.24, 2.45) is 0 Å². The van der Waals surface area contributed by atoms with Crippen molar-refractivity contribution in [1.82, 2.24) is 10.2 Å². The first-order valence-corrected chi connectivity index (χ1v) is 4.70. The molecule has 1 atom stereocenters. The van der Waals surface area contributed by atoms with E-state index in [1.54, 1.807) is 0 Å². The molecule has 0 amide bonds. The number of rotatable bonds is 2. The first kappa shape index (κ1) is 5.55. The Hall–Kier alpha value is -0.0800. The molecule has 2 nitrogen and oxygen atoms in total. The van der Waals surface area contributed by atoms with Crippen molar-refractivity contribution >= 4 is 0 Å². The lowest BCUT2D eigenvalue weighted by Gasteiger charge is -2.19. The van der Waals surface area contributed by atoms with Crippen molar-refractivity contribution in [1.29, 1.82) is 0 Å². The molecule has 64 valence electrons. The van der Waals surface area contributed by atoms with Crippen molar-refractivity contribution in [2.75, 3.05) is 26.1 Å². The van der Waals surface area contributed by atoms with E-state index in [-0.39, 0.29) is 6.04 Å². The molecule has 2 heteroatoms. The van der Waals surface area contributed by atoms with Gasteiger partial charge >= 0.3 is 0 Å². The van der Waals surface area contributed by atoms with Gasteiger partial charge in [-0.25, -0.2) is 0 Å². The highest BCUT2D eigenvalue weighted by atomic mass is 15.2. The zero-order valence-electron chi connectivity index (χ0n) is 8.97. The van der Waals surface area contributed by atoms with E-state index in [9.17, 15) is 0 Å². The summed E-state index contributed by atoms with van der Waals surface area (Å²) < 4.78 is 16.1. The molecule has 0 bridgehead atoms. The Morgan fingerprint density at radius 2 is 2.18 bits per heavy atom. The maximum atomic E-state index is 8.05. The molecule has 2 aliphatic rings. The van der Waals surface area contributed by atoms with Crippen molar-refractivity contribution in [3.63, 3.8) is 0 Å². The number of nitrogens with zero attached hydrogens (tertiary/aromatic N) is 1. The highest BCUT2D eigenvalue weighted by Crippen LogP contribution is 2.11. The van der Waals surface area contributed by atoms with Crippen LogP contribution in [0, 0.1) is 0 Å². The fourth-order valence-corrected chi connectivity index (χ4v) is 1.86. The molecule has 11 heavy (non-hydrogen) atoms. The molecule has 2 fully saturated rings. The van der Waals surface area contributed by atoms with E-state index in [4.69, 9.17) is 2.74 Å². The summed E-state index contributed by atoms with van der Waals surface area (Å²) in [4.78, 5) is 2.00. The monoisotopic (exact) mass is 156 g/mol. The predicted octanol–water partition coefficient (Wildman–Crippen LogP) is 0.834. The Morgan fingerprint density at radius 3 is 2.82 bits per heavy atom. The maximum absolute atomic E-state index is 8.05. The van der Waals surface area contributed by atoms with Gasteiger partial charge in [0.15, 0.2) is 0 Å². The molecule has 1 N–H and O–H groups in total. The molecule has 0 saturated carbocycles. The third kappa shape index (κ3) is 1.94. The van der Waals surface area contributed by atoms with Gasteiger partial charge in [-0.3, -0.25) is 0 Å². The highest BCUT2D eigenvalue weighted by molar-refractivity contribution is 4.79. The molecule has 0 aromatic rings. The van der Waals surface area contributed by atoms with E-state index in [0.29, 0.717) is 0 Å². The van der Waals surface area contributed by atoms with Gasteiger partial charge in [-0.1, -0.05) is 0 Å². The minimum Gasteiger partial charge on any atom is -0.313 e. The summed E-state index contributed by atoms with van der Waals surface area (Å²) in [5.74, 6) is 0. The molecule has 2 heterocycles. The Balaban J connectivity index is 1.99. The third-order valence-corrected chi connectivity index (χ3v) is 2.50. The third-order valence-electron chi connectivity index (χ3n) is 2.50. The van der Waals surface area contributed by atoms with Crippen LogP contribution < -0.4 is 5.32 Å². The van der Waals surface area contributed by atoms with Crippen molar-refractivity contribution in [3.05, 3.63) is 0 Å². The summed E-state index contributed by atoms with van der Waals surface area (Å²) in [6.45, 7) is 1.74. The molecular formula is C9H18N2. The molecule has 0 aromatic carbocycles. The number of nitrogens with one attached hydrogen (secondary N) is 1. The van der Waals surface area contributed by atoms with Crippen LogP contribution in [0.25, 0.3) is 0 Å². The predicted molar refractivity (Wildman–Crippen MR) is 46.7 cm³/mol. The average molecular weight is 156 g/mol. The van der Waals surface area contributed by atoms with Crippen LogP contribution in [0.5, 0.6) is 0 Å². The normalized spacial score (nSPS) is 37.3. The SMILES string of the molecule is [2H]C([2H])([C@@H]1CCCN1)N1CCCC1. The fourth-order valence-electron chi connectivity index (χ4n) is 1.86. The van der Waals surface area contributed by atoms with Gasteiger partial charge in [0.1, 0.15) is 0 Å². The quantitative estimate of drug-likeness (QED) is 0.637. The van der Waals surface area contributed by atoms with Crippen LogP contribution in [0.15, 0.2) is 0 Å². The van der Waals surface area contributed by atoms with E-state index in [1.165, 1.54) is 0 Å². The molecule has 2 aliphatic heterocycles. The van der Waals surface area contributed by atoms with Crippen LogP contribution in [0.1, 0.15) is 28.4 Å². The van der Waals surface area contributed by atoms with E-state index in [0.717, 1.165) is 45.3 Å². The van der Waals surface area contributed by atoms with Gasteiger partial charge in [0.25, 0.3) is 0 Å². The standard InChI is InChI=1S/C9H18N2/c1-2-7-11(6-1)8-9-4-3-5-10-9/h9-10H,1-8H2/t9-/m0/s1/i8D2. The number of hydrogen-bond acceptors (Lipinski definition) is 2. The van der Waals surface area contributed by atoms with Gasteiger partial charge < -0.3 is 10.2 Å². The molecule has 0 unspecified atom stereocenters. The summed E-state index contributed by atoms with van der Waals surface area (Å²) in [5, 5.41) is 3.26. The molecule has 0 aliphatic carbocycles. The van der Waals surface area contributed by atoms with Crippen molar-refractivity contribution < 1.29 is 2.74 Å². The Morgan fingerprint density at radius 1 is 1.36 bits per heavy atom. The van der Waals surface area contributed by atoms with E-state index >= 15 is 0 Å². The second-order valence-electron chi connectivity index (χ2n) is 3.47. The second-order valence-corrected chi connectivity index (χ2v) is 3.47. The van der Waals surface area contributed by atoms with Gasteiger partial charge in [-0.05, 0) is 45.3 Å². The van der Waals surface area contributed by atoms with E-state index in [1.807, 2.05) is 4.90 Å². The Labute approximate surface area is 71.8 Å². The molecule has 0 aromatic heterocycles. The minimum absolute atomic E-state index is 0.0607. The van der Waals surface area contributed by atoms with Crippen molar-refractivity contribution in [2.45, 2.75) is 31.7 Å². The molecule has 0 spiro atoms. The zero-order valence-corrected chi connectivity index (χ0v) is 6.97. The van der Waals surface area contributed by atoms with Crippen LogP contribution in [0.2, 0.25) is 0 Å². The first-order valence-electron chi connectivity index (χ1n) is 5.70. The fraction of sp³-hybridized carbons (Fsp3) is 1.00. The van der Waals surface area contributed by atoms with Gasteiger partial charge in [0, 0.05) is 15.3 Å². The lowest BCUT2D eigenvalue weighted by atomic mass is 10.2. The largest absolute Gasteiger partial charge is 0.313 e. The topological polar surface area (TPSA) is 15.3 Å². The minimum atomic E-state index is -1.12. The van der Waals surface area contributed by atoms with Gasteiger partial charge in [-0.15, -0.1) is 0 Å². The highest BCUT2D eigenvalue weighted by Gasteiger charge is 2.19. The Bertz CT molecular complexity index is 154. The zero-order chi connectivity index (χ0) is 9.31. The second kappa shape index (κ2) is 3.55. The van der Waals surface area contributed by atoms with E-state index < -0.39 is 6.50 Å². The molecule has 2 rings (SSSR count).